The van der Waals surface area contributed by atoms with E-state index in [1.165, 1.54) is 4.90 Å². The van der Waals surface area contributed by atoms with E-state index >= 15 is 0 Å². The van der Waals surface area contributed by atoms with Crippen molar-refractivity contribution < 1.29 is 18.0 Å². The van der Waals surface area contributed by atoms with Crippen LogP contribution < -0.4 is 5.32 Å². The first-order valence-electron chi connectivity index (χ1n) is 5.75. The third-order valence-electron chi connectivity index (χ3n) is 3.29. The number of hydrogen-bond acceptors (Lipinski definition) is 3. The molecular weight excluding hydrogens is 235 g/mol. The molecule has 4 nitrogen and oxygen atoms in total. The van der Waals surface area contributed by atoms with E-state index in [0.29, 0.717) is 32.2 Å². The predicted molar refractivity (Wildman–Crippen MR) is 55.5 cm³/mol. The smallest absolute Gasteiger partial charge is 0.340 e. The molecule has 2 aliphatic heterocycles. The minimum absolute atomic E-state index is 0.408. The average Bonchev–Trinajstić information content (AvgIpc) is 2.13. The molecular formula is C10H16F3N3O. The van der Waals surface area contributed by atoms with Crippen molar-refractivity contribution in [2.24, 2.45) is 0 Å². The standard InChI is InChI=1S/C10H16F3N3O/c11-10(12,13)5-9(17)16-3-1-15(2-4-16)8-6-14-7-8/h8,14H,1-7H2. The zero-order valence-corrected chi connectivity index (χ0v) is 9.46. The van der Waals surface area contributed by atoms with E-state index in [1.807, 2.05) is 0 Å². The van der Waals surface area contributed by atoms with Crippen molar-refractivity contribution in [3.05, 3.63) is 0 Å². The lowest BCUT2D eigenvalue weighted by atomic mass is 10.1. The third-order valence-corrected chi connectivity index (χ3v) is 3.29. The number of halogens is 3. The number of alkyl halides is 3. The van der Waals surface area contributed by atoms with Gasteiger partial charge in [0.05, 0.1) is 0 Å². The summed E-state index contributed by atoms with van der Waals surface area (Å²) in [7, 11) is 0. The second-order valence-corrected chi connectivity index (χ2v) is 4.52. The maximum Gasteiger partial charge on any atom is 0.397 e. The first-order chi connectivity index (χ1) is 7.96. The Morgan fingerprint density at radius 1 is 1.18 bits per heavy atom. The first-order valence-corrected chi connectivity index (χ1v) is 5.75. The monoisotopic (exact) mass is 251 g/mol. The van der Waals surface area contributed by atoms with Gasteiger partial charge in [-0.15, -0.1) is 0 Å². The Balaban J connectivity index is 1.76. The van der Waals surface area contributed by atoms with Crippen LogP contribution in [0, 0.1) is 0 Å². The zero-order valence-electron chi connectivity index (χ0n) is 9.46. The molecule has 2 saturated heterocycles. The Morgan fingerprint density at radius 3 is 2.18 bits per heavy atom. The second kappa shape index (κ2) is 4.81. The van der Waals surface area contributed by atoms with Crippen LogP contribution in [-0.2, 0) is 4.79 Å². The van der Waals surface area contributed by atoms with E-state index in [-0.39, 0.29) is 0 Å². The molecule has 0 unspecified atom stereocenters. The summed E-state index contributed by atoms with van der Waals surface area (Å²) < 4.78 is 36.2. The summed E-state index contributed by atoms with van der Waals surface area (Å²) in [6.07, 6.45) is -5.73. The van der Waals surface area contributed by atoms with Gasteiger partial charge in [0, 0.05) is 45.3 Å². The Kier molecular flexibility index (Phi) is 3.58. The highest BCUT2D eigenvalue weighted by Crippen LogP contribution is 2.21. The maximum atomic E-state index is 12.1. The molecule has 1 N–H and O–H groups in total. The fraction of sp³-hybridized carbons (Fsp3) is 0.900. The number of nitrogens with zero attached hydrogens (tertiary/aromatic N) is 2. The number of carbonyl (C=O) groups is 1. The maximum absolute atomic E-state index is 12.1. The van der Waals surface area contributed by atoms with E-state index in [2.05, 4.69) is 10.2 Å². The van der Waals surface area contributed by atoms with Crippen LogP contribution in [0.4, 0.5) is 13.2 Å². The molecule has 0 radical (unpaired) electrons. The van der Waals surface area contributed by atoms with Crippen LogP contribution in [-0.4, -0.2) is 67.2 Å². The fourth-order valence-corrected chi connectivity index (χ4v) is 2.15. The van der Waals surface area contributed by atoms with Gasteiger partial charge in [0.25, 0.3) is 0 Å². The summed E-state index contributed by atoms with van der Waals surface area (Å²) in [5, 5.41) is 3.15. The molecule has 0 aromatic heterocycles. The van der Waals surface area contributed by atoms with Crippen molar-refractivity contribution in [3.8, 4) is 0 Å². The van der Waals surface area contributed by atoms with E-state index in [4.69, 9.17) is 0 Å². The molecule has 0 bridgehead atoms. The predicted octanol–water partition coefficient (Wildman–Crippen LogP) is 0.0548. The van der Waals surface area contributed by atoms with E-state index < -0.39 is 18.5 Å². The van der Waals surface area contributed by atoms with Crippen LogP contribution in [0.2, 0.25) is 0 Å². The Bertz CT molecular complexity index is 283. The van der Waals surface area contributed by atoms with Gasteiger partial charge >= 0.3 is 6.18 Å². The Morgan fingerprint density at radius 2 is 1.76 bits per heavy atom. The molecule has 2 rings (SSSR count). The zero-order chi connectivity index (χ0) is 12.5. The van der Waals surface area contributed by atoms with E-state index in [0.717, 1.165) is 13.1 Å². The molecule has 98 valence electrons. The van der Waals surface area contributed by atoms with Crippen molar-refractivity contribution >= 4 is 5.91 Å². The number of piperazine rings is 1. The van der Waals surface area contributed by atoms with Gasteiger partial charge < -0.3 is 10.2 Å². The van der Waals surface area contributed by atoms with E-state index in [9.17, 15) is 18.0 Å². The molecule has 2 heterocycles. The number of rotatable bonds is 2. The largest absolute Gasteiger partial charge is 0.397 e. The van der Waals surface area contributed by atoms with Gasteiger partial charge in [-0.2, -0.15) is 13.2 Å². The second-order valence-electron chi connectivity index (χ2n) is 4.52. The summed E-state index contributed by atoms with van der Waals surface area (Å²) >= 11 is 0. The van der Waals surface area contributed by atoms with Crippen LogP contribution in [0.25, 0.3) is 0 Å². The summed E-state index contributed by atoms with van der Waals surface area (Å²) in [4.78, 5) is 14.9. The molecule has 17 heavy (non-hydrogen) atoms. The SMILES string of the molecule is O=C(CC(F)(F)F)N1CCN(C2CNC2)CC1. The van der Waals surface area contributed by atoms with Gasteiger partial charge in [-0.05, 0) is 0 Å². The summed E-state index contributed by atoms with van der Waals surface area (Å²) in [6.45, 7) is 4.05. The number of nitrogens with one attached hydrogen (secondary N) is 1. The minimum atomic E-state index is -4.40. The van der Waals surface area contributed by atoms with Crippen molar-refractivity contribution in [1.82, 2.24) is 15.1 Å². The van der Waals surface area contributed by atoms with Gasteiger partial charge in [-0.1, -0.05) is 0 Å². The molecule has 0 aliphatic carbocycles. The van der Waals surface area contributed by atoms with Crippen molar-refractivity contribution in [1.29, 1.82) is 0 Å². The molecule has 0 aromatic rings. The average molecular weight is 251 g/mol. The molecule has 1 amide bonds. The van der Waals surface area contributed by atoms with Crippen LogP contribution >= 0.6 is 0 Å². The number of hydrogen-bond donors (Lipinski definition) is 1. The minimum Gasteiger partial charge on any atom is -0.340 e. The molecule has 7 heteroatoms. The lowest BCUT2D eigenvalue weighted by Gasteiger charge is -2.43. The van der Waals surface area contributed by atoms with Crippen LogP contribution in [0.15, 0.2) is 0 Å². The summed E-state index contributed by atoms with van der Waals surface area (Å²) in [5.41, 5.74) is 0. The Labute approximate surface area is 97.7 Å². The molecule has 2 aliphatic rings. The number of carbonyl (C=O) groups excluding carboxylic acids is 1. The first kappa shape index (κ1) is 12.6. The Hall–Kier alpha value is -0.820. The van der Waals surface area contributed by atoms with Gasteiger partial charge in [-0.3, -0.25) is 9.69 Å². The highest BCUT2D eigenvalue weighted by Gasteiger charge is 2.35. The van der Waals surface area contributed by atoms with Crippen LogP contribution in [0.3, 0.4) is 0 Å². The van der Waals surface area contributed by atoms with Crippen molar-refractivity contribution in [2.45, 2.75) is 18.6 Å². The normalized spacial score (nSPS) is 23.6. The quantitative estimate of drug-likeness (QED) is 0.753. The van der Waals surface area contributed by atoms with Gasteiger partial charge in [0.15, 0.2) is 0 Å². The molecule has 0 aromatic carbocycles. The number of amides is 1. The fourth-order valence-electron chi connectivity index (χ4n) is 2.15. The van der Waals surface area contributed by atoms with Gasteiger partial charge in [-0.25, -0.2) is 0 Å². The van der Waals surface area contributed by atoms with Crippen LogP contribution in [0.5, 0.6) is 0 Å². The molecule has 0 spiro atoms. The highest BCUT2D eigenvalue weighted by atomic mass is 19.4. The summed E-state index contributed by atoms with van der Waals surface area (Å²) in [6, 6.07) is 0.495. The topological polar surface area (TPSA) is 35.6 Å². The summed E-state index contributed by atoms with van der Waals surface area (Å²) in [5.74, 6) is -0.802. The van der Waals surface area contributed by atoms with Crippen LogP contribution in [0.1, 0.15) is 6.42 Å². The van der Waals surface area contributed by atoms with Crippen molar-refractivity contribution in [2.75, 3.05) is 39.3 Å². The van der Waals surface area contributed by atoms with Gasteiger partial charge in [0.2, 0.25) is 5.91 Å². The molecule has 0 atom stereocenters. The third kappa shape index (κ3) is 3.32. The van der Waals surface area contributed by atoms with E-state index in [1.54, 1.807) is 0 Å². The lowest BCUT2D eigenvalue weighted by Crippen LogP contribution is -2.62. The molecule has 2 fully saturated rings. The lowest BCUT2D eigenvalue weighted by molar-refractivity contribution is -0.162. The van der Waals surface area contributed by atoms with Crippen molar-refractivity contribution in [3.63, 3.8) is 0 Å². The van der Waals surface area contributed by atoms with Gasteiger partial charge in [0.1, 0.15) is 6.42 Å². The highest BCUT2D eigenvalue weighted by molar-refractivity contribution is 5.76. The molecule has 0 saturated carbocycles.